The molecule has 0 unspecified atom stereocenters. The number of hydrogen-bond acceptors (Lipinski definition) is 12. The number of aromatic hydroxyl groups is 2. The maximum absolute atomic E-state index is 11.8. The van der Waals surface area contributed by atoms with Gasteiger partial charge < -0.3 is 21.1 Å². The van der Waals surface area contributed by atoms with Gasteiger partial charge in [0, 0.05) is 22.4 Å². The molecule has 6 rings (SSSR count). The monoisotopic (exact) mass is 713 g/mol. The average Bonchev–Trinajstić information content (AvgIpc) is 3.07. The topological polar surface area (TPSA) is 245 Å². The van der Waals surface area contributed by atoms with Crippen LogP contribution >= 0.6 is 0 Å². The van der Waals surface area contributed by atoms with Gasteiger partial charge in [0.1, 0.15) is 26.9 Å². The number of hydrogen-bond donors (Lipinski definition) is 6. The molecule has 0 saturated heterocycles. The first kappa shape index (κ1) is 34.1. The number of fused-ring (bicyclic) bond motifs is 2. The Morgan fingerprint density at radius 3 is 2.02 bits per heavy atom. The van der Waals surface area contributed by atoms with E-state index in [2.05, 4.69) is 20.5 Å². The Balaban J connectivity index is 1.24. The number of aliphatic hydroxyl groups excluding tert-OH is 1. The van der Waals surface area contributed by atoms with E-state index in [0.717, 1.165) is 5.56 Å². The predicted molar refractivity (Wildman–Crippen MR) is 185 cm³/mol. The van der Waals surface area contributed by atoms with Crippen molar-refractivity contribution in [2.45, 2.75) is 22.8 Å². The molecule has 0 spiro atoms. The number of phenolic OH excluding ortho intramolecular Hbond substituents is 2. The molecular weight excluding hydrogens is 687 g/mol. The van der Waals surface area contributed by atoms with Crippen LogP contribution < -0.4 is 5.73 Å². The van der Waals surface area contributed by atoms with Crippen LogP contribution in [0.5, 0.6) is 11.5 Å². The van der Waals surface area contributed by atoms with Crippen molar-refractivity contribution in [2.75, 3.05) is 5.73 Å². The second-order valence-electron chi connectivity index (χ2n) is 11.2. The van der Waals surface area contributed by atoms with Crippen LogP contribution in [0.1, 0.15) is 16.7 Å². The van der Waals surface area contributed by atoms with E-state index in [9.17, 15) is 41.3 Å². The molecule has 0 aromatic heterocycles. The number of nitrogens with zero attached hydrogens (tertiary/aromatic N) is 4. The minimum absolute atomic E-state index is 0.0286. The Hall–Kier alpha value is -5.78. The third-order valence-electron chi connectivity index (χ3n) is 7.79. The van der Waals surface area contributed by atoms with E-state index in [0.29, 0.717) is 28.1 Å². The van der Waals surface area contributed by atoms with Crippen LogP contribution in [-0.2, 0) is 33.3 Å². The molecule has 7 N–H and O–H groups in total. The maximum Gasteiger partial charge on any atom is 0.296 e. The van der Waals surface area contributed by atoms with Crippen LogP contribution in [0.3, 0.4) is 0 Å². The van der Waals surface area contributed by atoms with Gasteiger partial charge in [-0.15, -0.1) is 10.2 Å². The fourth-order valence-electron chi connectivity index (χ4n) is 5.34. The highest BCUT2D eigenvalue weighted by atomic mass is 32.2. The Morgan fingerprint density at radius 1 is 0.600 bits per heavy atom. The summed E-state index contributed by atoms with van der Waals surface area (Å²) in [7, 11) is -8.98. The van der Waals surface area contributed by atoms with Crippen LogP contribution in [0.15, 0.2) is 127 Å². The number of rotatable bonds is 9. The smallest absolute Gasteiger partial charge is 0.296 e. The minimum atomic E-state index is -4.49. The van der Waals surface area contributed by atoms with E-state index in [1.54, 1.807) is 48.5 Å². The van der Waals surface area contributed by atoms with Crippen molar-refractivity contribution < 1.29 is 41.3 Å². The van der Waals surface area contributed by atoms with Gasteiger partial charge in [-0.05, 0) is 70.8 Å². The van der Waals surface area contributed by atoms with Crippen molar-refractivity contribution in [1.82, 2.24) is 0 Å². The molecule has 50 heavy (non-hydrogen) atoms. The summed E-state index contributed by atoms with van der Waals surface area (Å²) in [5, 5.41) is 49.9. The maximum atomic E-state index is 11.8. The van der Waals surface area contributed by atoms with Crippen molar-refractivity contribution in [1.29, 1.82) is 0 Å². The normalized spacial score (nSPS) is 12.5. The van der Waals surface area contributed by atoms with E-state index >= 15 is 0 Å². The minimum Gasteiger partial charge on any atom is -0.506 e. The van der Waals surface area contributed by atoms with Gasteiger partial charge in [0.15, 0.2) is 5.75 Å². The standard InChI is InChI=1S/C34H27N5O9S2/c35-27-10-5-20(14-33(27)50(46,47)48)12-19-4-9-25-22(13-19)7-11-28(34(25)42)37-39-30-15-23(18-40)29(17-31(30)41)38-36-24-8-6-21-2-1-3-32(26(21)16-24)49(43,44)45/h1-11,13-17,40-42H,12,18,35H2,(H,43,44,45)(H,46,47,48). The van der Waals surface area contributed by atoms with E-state index in [1.165, 1.54) is 48.5 Å². The summed E-state index contributed by atoms with van der Waals surface area (Å²) >= 11 is 0. The van der Waals surface area contributed by atoms with Gasteiger partial charge >= 0.3 is 0 Å². The van der Waals surface area contributed by atoms with Gasteiger partial charge in [-0.25, -0.2) is 0 Å². The number of nitrogens with two attached hydrogens (primary N) is 1. The molecule has 0 atom stereocenters. The molecular formula is C34H27N5O9S2. The summed E-state index contributed by atoms with van der Waals surface area (Å²) in [5.74, 6) is -0.532. The lowest BCUT2D eigenvalue weighted by Gasteiger charge is -2.09. The van der Waals surface area contributed by atoms with Crippen molar-refractivity contribution in [3.8, 4) is 11.5 Å². The summed E-state index contributed by atoms with van der Waals surface area (Å²) in [6.07, 6.45) is 0.320. The largest absolute Gasteiger partial charge is 0.506 e. The van der Waals surface area contributed by atoms with E-state index in [-0.39, 0.29) is 60.7 Å². The number of azo groups is 2. The average molecular weight is 714 g/mol. The highest BCUT2D eigenvalue weighted by molar-refractivity contribution is 7.86. The molecule has 0 radical (unpaired) electrons. The molecule has 16 heteroatoms. The first-order valence-electron chi connectivity index (χ1n) is 14.6. The summed E-state index contributed by atoms with van der Waals surface area (Å²) in [6.45, 7) is -0.501. The van der Waals surface area contributed by atoms with Crippen molar-refractivity contribution in [3.05, 3.63) is 114 Å². The number of phenols is 2. The van der Waals surface area contributed by atoms with Crippen LogP contribution in [-0.4, -0.2) is 41.3 Å². The zero-order valence-corrected chi connectivity index (χ0v) is 27.3. The van der Waals surface area contributed by atoms with Crippen molar-refractivity contribution in [2.24, 2.45) is 20.5 Å². The van der Waals surface area contributed by atoms with Crippen molar-refractivity contribution >= 4 is 70.2 Å². The van der Waals surface area contributed by atoms with Gasteiger partial charge in [0.05, 0.1) is 23.7 Å². The van der Waals surface area contributed by atoms with Crippen LogP contribution in [0.2, 0.25) is 0 Å². The van der Waals surface area contributed by atoms with Gasteiger partial charge in [0.2, 0.25) is 0 Å². The fourth-order valence-corrected chi connectivity index (χ4v) is 6.71. The number of benzene rings is 6. The highest BCUT2D eigenvalue weighted by Crippen LogP contribution is 2.40. The summed E-state index contributed by atoms with van der Waals surface area (Å²) in [6, 6.07) is 24.4. The van der Waals surface area contributed by atoms with Crippen LogP contribution in [0, 0.1) is 0 Å². The molecule has 0 amide bonds. The number of aliphatic hydroxyl groups is 1. The first-order chi connectivity index (χ1) is 23.7. The molecule has 14 nitrogen and oxygen atoms in total. The molecule has 0 aliphatic heterocycles. The van der Waals surface area contributed by atoms with Crippen molar-refractivity contribution in [3.63, 3.8) is 0 Å². The molecule has 0 saturated carbocycles. The lowest BCUT2D eigenvalue weighted by Crippen LogP contribution is -2.04. The molecule has 254 valence electrons. The van der Waals surface area contributed by atoms with Gasteiger partial charge in [-0.2, -0.15) is 27.1 Å². The Bertz CT molecular complexity index is 2610. The zero-order valence-electron chi connectivity index (χ0n) is 25.7. The van der Waals surface area contributed by atoms with E-state index in [1.807, 2.05) is 0 Å². The highest BCUT2D eigenvalue weighted by Gasteiger charge is 2.16. The van der Waals surface area contributed by atoms with Crippen LogP contribution in [0.25, 0.3) is 21.5 Å². The Kier molecular flexibility index (Phi) is 9.04. The Morgan fingerprint density at radius 2 is 1.28 bits per heavy atom. The molecule has 6 aromatic rings. The molecule has 0 aliphatic carbocycles. The quantitative estimate of drug-likeness (QED) is 0.0492. The zero-order chi connectivity index (χ0) is 35.8. The third kappa shape index (κ3) is 7.14. The van der Waals surface area contributed by atoms with E-state index < -0.39 is 26.8 Å². The summed E-state index contributed by atoms with van der Waals surface area (Å²) < 4.78 is 65.9. The summed E-state index contributed by atoms with van der Waals surface area (Å²) in [4.78, 5) is -0.661. The Labute approximate surface area is 285 Å². The number of nitrogen functional groups attached to an aromatic ring is 1. The molecule has 0 heterocycles. The molecule has 0 fully saturated rings. The van der Waals surface area contributed by atoms with E-state index in [4.69, 9.17) is 5.73 Å². The lowest BCUT2D eigenvalue weighted by molar-refractivity contribution is 0.282. The van der Waals surface area contributed by atoms with Gasteiger partial charge in [-0.3, -0.25) is 9.11 Å². The summed E-state index contributed by atoms with van der Waals surface area (Å²) in [5.41, 5.74) is 7.66. The fraction of sp³-hybridized carbons (Fsp3) is 0.0588. The first-order valence-corrected chi connectivity index (χ1v) is 17.5. The predicted octanol–water partition coefficient (Wildman–Crippen LogP) is 7.39. The second kappa shape index (κ2) is 13.3. The van der Waals surface area contributed by atoms with Gasteiger partial charge in [-0.1, -0.05) is 48.5 Å². The lowest BCUT2D eigenvalue weighted by atomic mass is 10.00. The van der Waals surface area contributed by atoms with Gasteiger partial charge in [0.25, 0.3) is 20.2 Å². The molecule has 0 bridgehead atoms. The molecule has 0 aliphatic rings. The third-order valence-corrected chi connectivity index (χ3v) is 9.61. The van der Waals surface area contributed by atoms with Crippen LogP contribution in [0.4, 0.5) is 28.4 Å². The SMILES string of the molecule is Nc1ccc(Cc2ccc3c(O)c(N=Nc4cc(CO)c(N=Nc5ccc6cccc(S(=O)(=O)O)c6c5)cc4O)ccc3c2)cc1S(=O)(=O)O. The number of anilines is 1. The second-order valence-corrected chi connectivity index (χ2v) is 14.0. The molecule has 6 aromatic carbocycles.